The number of methoxy groups -OCH3 is 5. The molecule has 1 aliphatic heterocycles. The fraction of sp³-hybridized carbons (Fsp3) is 0.310. The van der Waals surface area contributed by atoms with Crippen molar-refractivity contribution in [2.45, 2.75) is 29.5 Å². The zero-order valence-electron chi connectivity index (χ0n) is 21.7. The van der Waals surface area contributed by atoms with E-state index in [1.165, 1.54) is 7.11 Å². The van der Waals surface area contributed by atoms with Crippen LogP contribution in [0, 0.1) is 0 Å². The van der Waals surface area contributed by atoms with Gasteiger partial charge in [0.1, 0.15) is 23.0 Å². The van der Waals surface area contributed by atoms with Crippen molar-refractivity contribution < 1.29 is 28.5 Å². The van der Waals surface area contributed by atoms with Gasteiger partial charge in [0.2, 0.25) is 0 Å². The van der Waals surface area contributed by atoms with E-state index in [1.54, 1.807) is 40.2 Å². The molecule has 8 heteroatoms. The van der Waals surface area contributed by atoms with Gasteiger partial charge in [-0.1, -0.05) is 24.3 Å². The van der Waals surface area contributed by atoms with Crippen molar-refractivity contribution in [3.05, 3.63) is 76.9 Å². The van der Waals surface area contributed by atoms with Crippen LogP contribution < -0.4 is 18.9 Å². The van der Waals surface area contributed by atoms with Crippen molar-refractivity contribution >= 4 is 23.4 Å². The van der Waals surface area contributed by atoms with Gasteiger partial charge in [0, 0.05) is 30.2 Å². The van der Waals surface area contributed by atoms with E-state index >= 15 is 0 Å². The Morgan fingerprint density at radius 1 is 0.838 bits per heavy atom. The Balaban J connectivity index is 1.77. The second-order valence-electron chi connectivity index (χ2n) is 8.44. The summed E-state index contributed by atoms with van der Waals surface area (Å²) in [7, 11) is 7.96. The van der Waals surface area contributed by atoms with Gasteiger partial charge in [0.25, 0.3) is 0 Å². The molecule has 3 aromatic rings. The third-order valence-corrected chi connectivity index (χ3v) is 7.51. The molecule has 194 valence electrons. The monoisotopic (exact) mass is 521 g/mol. The van der Waals surface area contributed by atoms with Crippen LogP contribution in [0.4, 0.5) is 0 Å². The number of benzene rings is 3. The molecular weight excluding hydrogens is 490 g/mol. The first-order valence-corrected chi connectivity index (χ1v) is 12.8. The number of nitrogens with zero attached hydrogens (tertiary/aromatic N) is 1. The fourth-order valence-electron chi connectivity index (χ4n) is 4.36. The zero-order valence-corrected chi connectivity index (χ0v) is 22.5. The highest BCUT2D eigenvalue weighted by atomic mass is 32.2. The molecule has 0 unspecified atom stereocenters. The second kappa shape index (κ2) is 12.1. The summed E-state index contributed by atoms with van der Waals surface area (Å²) in [5, 5.41) is 0. The molecule has 0 fully saturated rings. The van der Waals surface area contributed by atoms with Crippen LogP contribution in [0.15, 0.2) is 64.5 Å². The molecule has 1 atom stereocenters. The van der Waals surface area contributed by atoms with Gasteiger partial charge in [-0.05, 0) is 41.0 Å². The van der Waals surface area contributed by atoms with E-state index in [0.29, 0.717) is 30.1 Å². The molecule has 0 spiro atoms. The summed E-state index contributed by atoms with van der Waals surface area (Å²) in [5.41, 5.74) is 4.83. The maximum absolute atomic E-state index is 12.7. The Morgan fingerprint density at radius 2 is 1.43 bits per heavy atom. The zero-order chi connectivity index (χ0) is 26.4. The average Bonchev–Trinajstić information content (AvgIpc) is 2.95. The maximum Gasteiger partial charge on any atom is 0.330 e. The van der Waals surface area contributed by atoms with Crippen molar-refractivity contribution in [2.24, 2.45) is 4.99 Å². The first kappa shape index (κ1) is 26.4. The van der Waals surface area contributed by atoms with Crippen LogP contribution in [0.5, 0.6) is 23.0 Å². The topological polar surface area (TPSA) is 75.6 Å². The lowest BCUT2D eigenvalue weighted by atomic mass is 9.89. The van der Waals surface area contributed by atoms with E-state index in [1.807, 2.05) is 54.6 Å². The molecule has 1 heterocycles. The minimum atomic E-state index is -0.650. The SMILES string of the molecule is COC(=O)[C@@H]1Cc2c(SCc3ccc(OC)cc3)c(OC)cc(OC)c2C(Cc2ccc(OC)cc2)=N1. The van der Waals surface area contributed by atoms with E-state index < -0.39 is 6.04 Å². The first-order chi connectivity index (χ1) is 18.0. The van der Waals surface area contributed by atoms with Crippen molar-refractivity contribution in [1.82, 2.24) is 0 Å². The molecule has 0 N–H and O–H groups in total. The number of fused-ring (bicyclic) bond motifs is 1. The Hall–Kier alpha value is -3.65. The highest BCUT2D eigenvalue weighted by Gasteiger charge is 2.33. The molecule has 0 amide bonds. The van der Waals surface area contributed by atoms with Crippen LogP contribution in [-0.2, 0) is 28.1 Å². The molecular formula is C29H31NO6S. The van der Waals surface area contributed by atoms with Crippen LogP contribution in [0.2, 0.25) is 0 Å². The van der Waals surface area contributed by atoms with Crippen molar-refractivity contribution in [3.8, 4) is 23.0 Å². The lowest BCUT2D eigenvalue weighted by Gasteiger charge is -2.27. The number of aliphatic imine (C=N–C) groups is 1. The van der Waals surface area contributed by atoms with Gasteiger partial charge >= 0.3 is 5.97 Å². The Labute approximate surface area is 221 Å². The lowest BCUT2D eigenvalue weighted by Crippen LogP contribution is -2.31. The second-order valence-corrected chi connectivity index (χ2v) is 9.43. The van der Waals surface area contributed by atoms with Crippen LogP contribution >= 0.6 is 11.8 Å². The number of carbonyl (C=O) groups is 1. The molecule has 37 heavy (non-hydrogen) atoms. The Morgan fingerprint density at radius 3 is 1.97 bits per heavy atom. The highest BCUT2D eigenvalue weighted by molar-refractivity contribution is 7.98. The number of rotatable bonds is 10. The summed E-state index contributed by atoms with van der Waals surface area (Å²) >= 11 is 1.66. The molecule has 4 rings (SSSR count). The average molecular weight is 522 g/mol. The van der Waals surface area contributed by atoms with Crippen LogP contribution in [0.3, 0.4) is 0 Å². The molecule has 0 aromatic heterocycles. The number of esters is 1. The normalized spacial score (nSPS) is 14.3. The minimum absolute atomic E-state index is 0.370. The van der Waals surface area contributed by atoms with Crippen LogP contribution in [0.25, 0.3) is 0 Å². The van der Waals surface area contributed by atoms with E-state index in [0.717, 1.165) is 44.4 Å². The number of thioether (sulfide) groups is 1. The molecule has 0 saturated heterocycles. The molecule has 3 aromatic carbocycles. The van der Waals surface area contributed by atoms with Gasteiger partial charge in [-0.25, -0.2) is 4.79 Å². The lowest BCUT2D eigenvalue weighted by molar-refractivity contribution is -0.142. The fourth-order valence-corrected chi connectivity index (χ4v) is 5.51. The molecule has 7 nitrogen and oxygen atoms in total. The van der Waals surface area contributed by atoms with Gasteiger partial charge < -0.3 is 23.7 Å². The predicted molar refractivity (Wildman–Crippen MR) is 145 cm³/mol. The Bertz CT molecular complexity index is 1270. The predicted octanol–water partition coefficient (Wildman–Crippen LogP) is 5.14. The number of ether oxygens (including phenoxy) is 5. The van der Waals surface area contributed by atoms with Gasteiger partial charge in [0.05, 0.1) is 46.2 Å². The molecule has 0 bridgehead atoms. The minimum Gasteiger partial charge on any atom is -0.497 e. The van der Waals surface area contributed by atoms with Crippen LogP contribution in [-0.4, -0.2) is 53.3 Å². The number of hydrogen-bond donors (Lipinski definition) is 0. The van der Waals surface area contributed by atoms with E-state index in [-0.39, 0.29) is 5.97 Å². The third kappa shape index (κ3) is 5.85. The standard InChI is InChI=1S/C29H31NO6S/c1-32-20-10-6-18(7-11-20)14-23-27-22(15-24(30-23)29(31)36-5)28(26(35-4)16-25(27)34-3)37-17-19-8-12-21(33-2)13-9-19/h6-13,16,24H,14-15,17H2,1-5H3/t24-/m0/s1. The summed E-state index contributed by atoms with van der Waals surface area (Å²) < 4.78 is 27.3. The molecule has 0 saturated carbocycles. The van der Waals surface area contributed by atoms with Crippen LogP contribution in [0.1, 0.15) is 22.3 Å². The summed E-state index contributed by atoms with van der Waals surface area (Å²) in [6, 6.07) is 17.1. The van der Waals surface area contributed by atoms with Crippen molar-refractivity contribution in [3.63, 3.8) is 0 Å². The number of carbonyl (C=O) groups excluding carboxylic acids is 1. The first-order valence-electron chi connectivity index (χ1n) is 11.8. The highest BCUT2D eigenvalue weighted by Crippen LogP contribution is 2.44. The summed E-state index contributed by atoms with van der Waals surface area (Å²) in [4.78, 5) is 18.5. The molecule has 0 radical (unpaired) electrons. The molecule has 0 aliphatic carbocycles. The summed E-state index contributed by atoms with van der Waals surface area (Å²) in [5.74, 6) is 3.30. The quantitative estimate of drug-likeness (QED) is 0.270. The Kier molecular flexibility index (Phi) is 8.61. The van der Waals surface area contributed by atoms with Gasteiger partial charge in [0.15, 0.2) is 6.04 Å². The van der Waals surface area contributed by atoms with Gasteiger partial charge in [-0.15, -0.1) is 11.8 Å². The van der Waals surface area contributed by atoms with Gasteiger partial charge in [-0.2, -0.15) is 0 Å². The van der Waals surface area contributed by atoms with Crippen molar-refractivity contribution in [2.75, 3.05) is 35.5 Å². The summed E-state index contributed by atoms with van der Waals surface area (Å²) in [6.07, 6.45) is 0.919. The largest absolute Gasteiger partial charge is 0.497 e. The molecule has 1 aliphatic rings. The maximum atomic E-state index is 12.7. The van der Waals surface area contributed by atoms with E-state index in [4.69, 9.17) is 28.7 Å². The van der Waals surface area contributed by atoms with E-state index in [2.05, 4.69) is 0 Å². The van der Waals surface area contributed by atoms with Gasteiger partial charge in [-0.3, -0.25) is 4.99 Å². The summed E-state index contributed by atoms with van der Waals surface area (Å²) in [6.45, 7) is 0. The third-order valence-electron chi connectivity index (χ3n) is 6.29. The van der Waals surface area contributed by atoms with E-state index in [9.17, 15) is 4.79 Å². The smallest absolute Gasteiger partial charge is 0.330 e. The van der Waals surface area contributed by atoms with Crippen molar-refractivity contribution in [1.29, 1.82) is 0 Å². The number of hydrogen-bond acceptors (Lipinski definition) is 8.